The minimum Gasteiger partial charge on any atom is -0.316 e. The molecule has 4 aliphatic carbocycles. The van der Waals surface area contributed by atoms with E-state index in [1.165, 1.54) is 43.4 Å². The highest BCUT2D eigenvalue weighted by Gasteiger charge is 2.50. The van der Waals surface area contributed by atoms with Crippen molar-refractivity contribution in [3.8, 4) is 0 Å². The van der Waals surface area contributed by atoms with Gasteiger partial charge in [0.2, 0.25) is 0 Å². The Morgan fingerprint density at radius 3 is 1.96 bits per heavy atom. The summed E-state index contributed by atoms with van der Waals surface area (Å²) in [5.74, 6) is 2.70. The van der Waals surface area contributed by atoms with Gasteiger partial charge in [-0.15, -0.1) is 17.0 Å². The van der Waals surface area contributed by atoms with E-state index >= 15 is 0 Å². The Balaban J connectivity index is 0.00000180. The van der Waals surface area contributed by atoms with Crippen LogP contribution in [0.5, 0.6) is 0 Å². The van der Waals surface area contributed by atoms with Crippen LogP contribution in [0.15, 0.2) is 24.3 Å². The van der Waals surface area contributed by atoms with Gasteiger partial charge in [0.05, 0.1) is 11.1 Å². The minimum absolute atomic E-state index is 0. The van der Waals surface area contributed by atoms with Crippen LogP contribution in [0, 0.1) is 23.2 Å². The zero-order chi connectivity index (χ0) is 17.7. The van der Waals surface area contributed by atoms with Gasteiger partial charge in [0.25, 0.3) is 11.8 Å². The standard InChI is InChI=1S/C22H28N2O2.BrH/c25-20-18-4-1-2-5-19(18)21(26)24(20)7-3-6-23-14-22-11-15-8-16(12-22)10-17(9-15)13-22;/h1-2,4-5,15-17,23H,3,6-14H2;1H. The SMILES string of the molecule is Br.O=C1c2ccccc2C(=O)N1CCCNCC12CC3CC(CC(C3)C1)C2. The van der Waals surface area contributed by atoms with E-state index in [2.05, 4.69) is 5.32 Å². The van der Waals surface area contributed by atoms with Gasteiger partial charge in [-0.25, -0.2) is 0 Å². The molecular weight excluding hydrogens is 404 g/mol. The number of rotatable bonds is 6. The highest BCUT2D eigenvalue weighted by molar-refractivity contribution is 8.93. The lowest BCUT2D eigenvalue weighted by Gasteiger charge is -2.57. The summed E-state index contributed by atoms with van der Waals surface area (Å²) in [7, 11) is 0. The minimum atomic E-state index is -0.133. The maximum atomic E-state index is 12.4. The molecule has 5 heteroatoms. The fraction of sp³-hybridized carbons (Fsp3) is 0.636. The van der Waals surface area contributed by atoms with Crippen LogP contribution in [0.1, 0.15) is 65.7 Å². The quantitative estimate of drug-likeness (QED) is 0.544. The number of imide groups is 1. The van der Waals surface area contributed by atoms with Crippen molar-refractivity contribution < 1.29 is 9.59 Å². The first-order chi connectivity index (χ1) is 12.6. The Morgan fingerprint density at radius 2 is 1.44 bits per heavy atom. The molecule has 1 aliphatic heterocycles. The van der Waals surface area contributed by atoms with Crippen LogP contribution in [0.3, 0.4) is 0 Å². The van der Waals surface area contributed by atoms with Gasteiger partial charge in [0.1, 0.15) is 0 Å². The maximum absolute atomic E-state index is 12.4. The van der Waals surface area contributed by atoms with Gasteiger partial charge < -0.3 is 5.32 Å². The zero-order valence-electron chi connectivity index (χ0n) is 15.8. The lowest BCUT2D eigenvalue weighted by atomic mass is 9.49. The monoisotopic (exact) mass is 432 g/mol. The van der Waals surface area contributed by atoms with Gasteiger partial charge in [-0.2, -0.15) is 0 Å². The molecular formula is C22H29BrN2O2. The topological polar surface area (TPSA) is 49.4 Å². The summed E-state index contributed by atoms with van der Waals surface area (Å²) in [6.45, 7) is 2.52. The van der Waals surface area contributed by atoms with Crippen molar-refractivity contribution in [3.63, 3.8) is 0 Å². The normalized spacial score (nSPS) is 33.3. The van der Waals surface area contributed by atoms with E-state index in [0.717, 1.165) is 37.3 Å². The molecule has 4 nitrogen and oxygen atoms in total. The van der Waals surface area contributed by atoms with Crippen LogP contribution >= 0.6 is 17.0 Å². The third-order valence-corrected chi connectivity index (χ3v) is 7.28. The number of carbonyl (C=O) groups excluding carboxylic acids is 2. The maximum Gasteiger partial charge on any atom is 0.261 e. The van der Waals surface area contributed by atoms with Crippen molar-refractivity contribution in [1.82, 2.24) is 10.2 Å². The number of halogens is 1. The van der Waals surface area contributed by atoms with Crippen molar-refractivity contribution >= 4 is 28.8 Å². The van der Waals surface area contributed by atoms with E-state index in [9.17, 15) is 9.59 Å². The second-order valence-electron chi connectivity index (χ2n) is 9.26. The molecule has 0 saturated heterocycles. The number of nitrogens with one attached hydrogen (secondary N) is 1. The molecule has 4 saturated carbocycles. The Bertz CT molecular complexity index is 677. The number of nitrogens with zero attached hydrogens (tertiary/aromatic N) is 1. The summed E-state index contributed by atoms with van der Waals surface area (Å²) in [6, 6.07) is 7.14. The van der Waals surface area contributed by atoms with Gasteiger partial charge in [-0.1, -0.05) is 12.1 Å². The molecule has 4 bridgehead atoms. The molecule has 5 aliphatic rings. The van der Waals surface area contributed by atoms with Crippen molar-refractivity contribution in [2.75, 3.05) is 19.6 Å². The first kappa shape index (κ1) is 19.1. The summed E-state index contributed by atoms with van der Waals surface area (Å²) in [5, 5.41) is 3.67. The molecule has 0 spiro atoms. The lowest BCUT2D eigenvalue weighted by Crippen LogP contribution is -2.50. The van der Waals surface area contributed by atoms with Gasteiger partial charge in [-0.05, 0) is 86.8 Å². The summed E-state index contributed by atoms with van der Waals surface area (Å²) < 4.78 is 0. The van der Waals surface area contributed by atoms with Crippen molar-refractivity contribution in [3.05, 3.63) is 35.4 Å². The van der Waals surface area contributed by atoms with E-state index in [0.29, 0.717) is 23.1 Å². The average Bonchev–Trinajstić information content (AvgIpc) is 2.85. The number of fused-ring (bicyclic) bond motifs is 1. The van der Waals surface area contributed by atoms with E-state index in [-0.39, 0.29) is 28.8 Å². The van der Waals surface area contributed by atoms with Crippen LogP contribution < -0.4 is 5.32 Å². The third-order valence-electron chi connectivity index (χ3n) is 7.28. The molecule has 1 N–H and O–H groups in total. The number of hydrogen-bond acceptors (Lipinski definition) is 3. The van der Waals surface area contributed by atoms with E-state index < -0.39 is 0 Å². The highest BCUT2D eigenvalue weighted by Crippen LogP contribution is 2.59. The first-order valence-electron chi connectivity index (χ1n) is 10.3. The Hall–Kier alpha value is -1.20. The molecule has 1 aromatic rings. The first-order valence-corrected chi connectivity index (χ1v) is 10.3. The summed E-state index contributed by atoms with van der Waals surface area (Å²) in [6.07, 6.45) is 9.55. The van der Waals surface area contributed by atoms with E-state index in [1.807, 2.05) is 12.1 Å². The predicted molar refractivity (Wildman–Crippen MR) is 110 cm³/mol. The molecule has 1 heterocycles. The number of carbonyl (C=O) groups is 2. The van der Waals surface area contributed by atoms with Gasteiger partial charge in [-0.3, -0.25) is 14.5 Å². The fourth-order valence-electron chi connectivity index (χ4n) is 6.66. The van der Waals surface area contributed by atoms with Crippen LogP contribution in [0.2, 0.25) is 0 Å². The molecule has 4 fully saturated rings. The van der Waals surface area contributed by atoms with Crippen LogP contribution in [0.25, 0.3) is 0 Å². The van der Waals surface area contributed by atoms with Crippen molar-refractivity contribution in [2.45, 2.75) is 44.9 Å². The molecule has 6 rings (SSSR count). The fourth-order valence-corrected chi connectivity index (χ4v) is 6.66. The molecule has 2 amide bonds. The summed E-state index contributed by atoms with van der Waals surface area (Å²) >= 11 is 0. The van der Waals surface area contributed by atoms with Gasteiger partial charge >= 0.3 is 0 Å². The molecule has 27 heavy (non-hydrogen) atoms. The van der Waals surface area contributed by atoms with E-state index in [4.69, 9.17) is 0 Å². The summed E-state index contributed by atoms with van der Waals surface area (Å²) in [4.78, 5) is 26.2. The lowest BCUT2D eigenvalue weighted by molar-refractivity contribution is -0.0512. The number of benzene rings is 1. The Kier molecular flexibility index (Phi) is 5.19. The Morgan fingerprint density at radius 1 is 0.926 bits per heavy atom. The zero-order valence-corrected chi connectivity index (χ0v) is 17.5. The molecule has 0 unspecified atom stereocenters. The molecule has 1 aromatic carbocycles. The summed E-state index contributed by atoms with van der Waals surface area (Å²) in [5.41, 5.74) is 1.66. The smallest absolute Gasteiger partial charge is 0.261 e. The van der Waals surface area contributed by atoms with Gasteiger partial charge in [0.15, 0.2) is 0 Å². The van der Waals surface area contributed by atoms with Crippen molar-refractivity contribution in [2.24, 2.45) is 23.2 Å². The third kappa shape index (κ3) is 3.38. The largest absolute Gasteiger partial charge is 0.316 e. The van der Waals surface area contributed by atoms with Crippen molar-refractivity contribution in [1.29, 1.82) is 0 Å². The molecule has 0 aromatic heterocycles. The molecule has 0 radical (unpaired) electrons. The van der Waals surface area contributed by atoms with Gasteiger partial charge in [0, 0.05) is 13.1 Å². The van der Waals surface area contributed by atoms with Crippen LogP contribution in [-0.4, -0.2) is 36.3 Å². The highest BCUT2D eigenvalue weighted by atomic mass is 79.9. The van der Waals surface area contributed by atoms with Crippen LogP contribution in [0.4, 0.5) is 0 Å². The average molecular weight is 433 g/mol. The number of amides is 2. The molecule has 146 valence electrons. The number of hydrogen-bond donors (Lipinski definition) is 1. The second-order valence-corrected chi connectivity index (χ2v) is 9.26. The molecule has 0 atom stereocenters. The predicted octanol–water partition coefficient (Wildman–Crippen LogP) is 4.06. The van der Waals surface area contributed by atoms with Crippen LogP contribution in [-0.2, 0) is 0 Å². The Labute approximate surface area is 171 Å². The van der Waals surface area contributed by atoms with E-state index in [1.54, 1.807) is 12.1 Å². The second kappa shape index (κ2) is 7.32.